The molecule has 0 bridgehead atoms. The number of methoxy groups -OCH3 is 1. The molecule has 0 radical (unpaired) electrons. The summed E-state index contributed by atoms with van der Waals surface area (Å²) in [5.74, 6) is -1.03. The van der Waals surface area contributed by atoms with E-state index in [2.05, 4.69) is 4.74 Å². The highest BCUT2D eigenvalue weighted by atomic mass is 19.1. The highest BCUT2D eigenvalue weighted by molar-refractivity contribution is 5.77. The molecule has 1 aromatic rings. The Labute approximate surface area is 92.9 Å². The first kappa shape index (κ1) is 11.1. The first-order valence-electron chi connectivity index (χ1n) is 5.12. The van der Waals surface area contributed by atoms with E-state index in [1.54, 1.807) is 12.1 Å². The van der Waals surface area contributed by atoms with Gasteiger partial charge in [0.15, 0.2) is 6.10 Å². The number of esters is 1. The Morgan fingerprint density at radius 1 is 1.56 bits per heavy atom. The molecule has 3 nitrogen and oxygen atoms in total. The van der Waals surface area contributed by atoms with Gasteiger partial charge in [0.25, 0.3) is 0 Å². The maximum absolute atomic E-state index is 13.1. The van der Waals surface area contributed by atoms with Crippen LogP contribution in [0, 0.1) is 5.82 Å². The highest BCUT2D eigenvalue weighted by Gasteiger charge is 2.53. The molecule has 86 valence electrons. The van der Waals surface area contributed by atoms with Crippen molar-refractivity contribution in [3.8, 4) is 0 Å². The van der Waals surface area contributed by atoms with E-state index < -0.39 is 17.5 Å². The number of benzene rings is 1. The van der Waals surface area contributed by atoms with E-state index in [-0.39, 0.29) is 5.82 Å². The van der Waals surface area contributed by atoms with E-state index >= 15 is 0 Å². The average Bonchev–Trinajstić information content (AvgIpc) is 3.08. The molecular weight excluding hydrogens is 211 g/mol. The van der Waals surface area contributed by atoms with Crippen molar-refractivity contribution >= 4 is 5.97 Å². The maximum atomic E-state index is 13.1. The van der Waals surface area contributed by atoms with Crippen molar-refractivity contribution in [2.45, 2.75) is 24.4 Å². The summed E-state index contributed by atoms with van der Waals surface area (Å²) in [6.45, 7) is 0. The molecule has 0 aliphatic heterocycles. The lowest BCUT2D eigenvalue weighted by Gasteiger charge is -2.20. The van der Waals surface area contributed by atoms with Gasteiger partial charge in [-0.2, -0.15) is 0 Å². The summed E-state index contributed by atoms with van der Waals surface area (Å²) in [4.78, 5) is 11.3. The van der Waals surface area contributed by atoms with Gasteiger partial charge in [-0.15, -0.1) is 0 Å². The van der Waals surface area contributed by atoms with Crippen molar-refractivity contribution in [2.75, 3.05) is 7.11 Å². The Kier molecular flexibility index (Phi) is 2.68. The zero-order valence-electron chi connectivity index (χ0n) is 8.94. The van der Waals surface area contributed by atoms with E-state index in [1.807, 2.05) is 0 Å². The molecule has 1 N–H and O–H groups in total. The van der Waals surface area contributed by atoms with Crippen LogP contribution in [0.3, 0.4) is 0 Å². The number of carbonyl (C=O) groups is 1. The van der Waals surface area contributed by atoms with Crippen LogP contribution in [0.5, 0.6) is 0 Å². The fourth-order valence-electron chi connectivity index (χ4n) is 1.99. The van der Waals surface area contributed by atoms with Crippen molar-refractivity contribution < 1.29 is 19.0 Å². The minimum atomic E-state index is -1.21. The smallest absolute Gasteiger partial charge is 0.335 e. The Morgan fingerprint density at radius 3 is 2.75 bits per heavy atom. The number of rotatable bonds is 3. The first-order valence-corrected chi connectivity index (χ1v) is 5.12. The number of hydrogen-bond donors (Lipinski definition) is 1. The summed E-state index contributed by atoms with van der Waals surface area (Å²) in [6.07, 6.45) is 0.138. The van der Waals surface area contributed by atoms with Crippen LogP contribution < -0.4 is 0 Å². The van der Waals surface area contributed by atoms with Gasteiger partial charge in [0.1, 0.15) is 5.82 Å². The van der Waals surface area contributed by atoms with E-state index in [0.717, 1.165) is 0 Å². The van der Waals surface area contributed by atoms with Crippen molar-refractivity contribution in [2.24, 2.45) is 0 Å². The fraction of sp³-hybridized carbons (Fsp3) is 0.417. The van der Waals surface area contributed by atoms with Crippen LogP contribution in [0.15, 0.2) is 24.3 Å². The number of ether oxygens (including phenoxy) is 1. The van der Waals surface area contributed by atoms with Crippen LogP contribution in [0.25, 0.3) is 0 Å². The van der Waals surface area contributed by atoms with Gasteiger partial charge in [-0.25, -0.2) is 9.18 Å². The zero-order valence-corrected chi connectivity index (χ0v) is 8.94. The molecule has 2 rings (SSSR count). The minimum Gasteiger partial charge on any atom is -0.467 e. The van der Waals surface area contributed by atoms with Crippen LogP contribution >= 0.6 is 0 Å². The quantitative estimate of drug-likeness (QED) is 0.789. The average molecular weight is 224 g/mol. The van der Waals surface area contributed by atoms with Gasteiger partial charge in [-0.05, 0) is 30.5 Å². The lowest BCUT2D eigenvalue weighted by atomic mass is 9.90. The van der Waals surface area contributed by atoms with Gasteiger partial charge < -0.3 is 9.84 Å². The molecule has 16 heavy (non-hydrogen) atoms. The van der Waals surface area contributed by atoms with Crippen LogP contribution in [0.1, 0.15) is 18.4 Å². The SMILES string of the molecule is COC(=O)C(O)C1(c2cccc(F)c2)CC1. The van der Waals surface area contributed by atoms with Gasteiger partial charge in [0.05, 0.1) is 7.11 Å². The number of hydrogen-bond acceptors (Lipinski definition) is 3. The molecule has 1 fully saturated rings. The normalized spacial score (nSPS) is 18.9. The minimum absolute atomic E-state index is 0.360. The Bertz CT molecular complexity index is 412. The summed E-state index contributed by atoms with van der Waals surface area (Å²) in [5, 5.41) is 9.86. The van der Waals surface area contributed by atoms with Crippen LogP contribution in [-0.2, 0) is 14.9 Å². The molecule has 1 unspecified atom stereocenters. The Balaban J connectivity index is 2.29. The number of aliphatic hydroxyl groups is 1. The molecule has 1 atom stereocenters. The van der Waals surface area contributed by atoms with Gasteiger partial charge >= 0.3 is 5.97 Å². The summed E-state index contributed by atoms with van der Waals surface area (Å²) >= 11 is 0. The van der Waals surface area contributed by atoms with Crippen molar-refractivity contribution in [3.63, 3.8) is 0 Å². The van der Waals surface area contributed by atoms with E-state index in [9.17, 15) is 14.3 Å². The lowest BCUT2D eigenvalue weighted by molar-refractivity contribution is -0.152. The third-order valence-corrected chi connectivity index (χ3v) is 3.14. The van der Waals surface area contributed by atoms with Crippen LogP contribution in [0.2, 0.25) is 0 Å². The molecule has 1 aromatic carbocycles. The third kappa shape index (κ3) is 1.69. The molecule has 1 saturated carbocycles. The third-order valence-electron chi connectivity index (χ3n) is 3.14. The fourth-order valence-corrected chi connectivity index (χ4v) is 1.99. The van der Waals surface area contributed by atoms with E-state index in [1.165, 1.54) is 19.2 Å². The van der Waals surface area contributed by atoms with Gasteiger partial charge in [-0.3, -0.25) is 0 Å². The largest absolute Gasteiger partial charge is 0.467 e. The maximum Gasteiger partial charge on any atom is 0.335 e. The van der Waals surface area contributed by atoms with Crippen molar-refractivity contribution in [1.82, 2.24) is 0 Å². The molecule has 1 aliphatic carbocycles. The first-order chi connectivity index (χ1) is 7.60. The molecule has 1 aliphatic rings. The highest BCUT2D eigenvalue weighted by Crippen LogP contribution is 2.51. The summed E-state index contributed by atoms with van der Waals surface area (Å²) in [7, 11) is 1.23. The van der Waals surface area contributed by atoms with E-state index in [4.69, 9.17) is 0 Å². The molecule has 0 saturated heterocycles. The van der Waals surface area contributed by atoms with Crippen molar-refractivity contribution in [3.05, 3.63) is 35.6 Å². The molecule has 4 heteroatoms. The lowest BCUT2D eigenvalue weighted by Crippen LogP contribution is -2.35. The molecule has 0 heterocycles. The summed E-state index contributed by atoms with van der Waals surface area (Å²) in [5.41, 5.74) is 0.0141. The predicted molar refractivity (Wildman–Crippen MR) is 55.3 cm³/mol. The van der Waals surface area contributed by atoms with Gasteiger partial charge in [-0.1, -0.05) is 12.1 Å². The van der Waals surface area contributed by atoms with E-state index in [0.29, 0.717) is 18.4 Å². The predicted octanol–water partition coefficient (Wildman–Crippen LogP) is 1.39. The zero-order chi connectivity index (χ0) is 11.8. The Hall–Kier alpha value is -1.42. The Morgan fingerprint density at radius 2 is 2.25 bits per heavy atom. The number of aliphatic hydroxyl groups excluding tert-OH is 1. The molecule has 0 spiro atoms. The van der Waals surface area contributed by atoms with Gasteiger partial charge in [0.2, 0.25) is 0 Å². The van der Waals surface area contributed by atoms with Crippen LogP contribution in [0.4, 0.5) is 4.39 Å². The molecule has 0 amide bonds. The second-order valence-electron chi connectivity index (χ2n) is 4.09. The number of carbonyl (C=O) groups excluding carboxylic acids is 1. The number of halogens is 1. The molecule has 0 aromatic heterocycles. The summed E-state index contributed by atoms with van der Waals surface area (Å²) in [6, 6.07) is 6.00. The van der Waals surface area contributed by atoms with Crippen LogP contribution in [-0.4, -0.2) is 24.3 Å². The van der Waals surface area contributed by atoms with Crippen molar-refractivity contribution in [1.29, 1.82) is 0 Å². The summed E-state index contributed by atoms with van der Waals surface area (Å²) < 4.78 is 17.6. The molecular formula is C12H13FO3. The monoisotopic (exact) mass is 224 g/mol. The van der Waals surface area contributed by atoms with Gasteiger partial charge in [0, 0.05) is 5.41 Å². The standard InChI is InChI=1S/C12H13FO3/c1-16-11(15)10(14)12(5-6-12)8-3-2-4-9(13)7-8/h2-4,7,10,14H,5-6H2,1H3. The topological polar surface area (TPSA) is 46.5 Å². The second kappa shape index (κ2) is 3.87. The second-order valence-corrected chi connectivity index (χ2v) is 4.09.